The van der Waals surface area contributed by atoms with E-state index in [1.807, 2.05) is 6.92 Å². The summed E-state index contributed by atoms with van der Waals surface area (Å²) in [5.41, 5.74) is 0.185. The molecule has 98 valence electrons. The zero-order valence-corrected chi connectivity index (χ0v) is 11.2. The molecule has 0 heterocycles. The maximum atomic E-state index is 11.9. The Labute approximate surface area is 107 Å². The van der Waals surface area contributed by atoms with Crippen molar-refractivity contribution in [1.29, 1.82) is 5.39 Å². The Morgan fingerprint density at radius 2 is 2.17 bits per heavy atom. The van der Waals surface area contributed by atoms with Crippen molar-refractivity contribution in [2.24, 2.45) is 0 Å². The molecule has 0 amide bonds. The van der Waals surface area contributed by atoms with Crippen LogP contribution in [0.15, 0.2) is 23.1 Å². The van der Waals surface area contributed by atoms with Crippen molar-refractivity contribution in [3.8, 4) is 5.75 Å². The van der Waals surface area contributed by atoms with Crippen LogP contribution in [0.4, 0.5) is 5.69 Å². The lowest BCUT2D eigenvalue weighted by Crippen LogP contribution is -2.24. The highest BCUT2D eigenvalue weighted by molar-refractivity contribution is 7.89. The summed E-state index contributed by atoms with van der Waals surface area (Å²) >= 11 is 0. The van der Waals surface area contributed by atoms with E-state index in [9.17, 15) is 8.42 Å². The van der Waals surface area contributed by atoms with Gasteiger partial charge >= 0.3 is 5.69 Å². The number of nitrogens with zero attached hydrogens (tertiary/aromatic N) is 2. The second kappa shape index (κ2) is 6.33. The predicted molar refractivity (Wildman–Crippen MR) is 67.8 cm³/mol. The highest BCUT2D eigenvalue weighted by atomic mass is 32.2. The highest BCUT2D eigenvalue weighted by Gasteiger charge is 2.20. The molecule has 0 atom stereocenters. The molecule has 6 nitrogen and oxygen atoms in total. The molecule has 18 heavy (non-hydrogen) atoms. The Hall–Kier alpha value is -1.65. The minimum atomic E-state index is -3.54. The summed E-state index contributed by atoms with van der Waals surface area (Å²) in [6.07, 6.45) is 1.69. The van der Waals surface area contributed by atoms with Crippen molar-refractivity contribution in [3.63, 3.8) is 0 Å². The van der Waals surface area contributed by atoms with E-state index in [0.29, 0.717) is 6.54 Å². The summed E-state index contributed by atoms with van der Waals surface area (Å²) in [6.45, 7) is 2.38. The van der Waals surface area contributed by atoms with Crippen LogP contribution in [-0.2, 0) is 10.0 Å². The van der Waals surface area contributed by atoms with E-state index in [0.717, 1.165) is 12.8 Å². The number of diazo groups is 1. The molecule has 1 N–H and O–H groups in total. The fraction of sp³-hybridized carbons (Fsp3) is 0.455. The highest BCUT2D eigenvalue weighted by Crippen LogP contribution is 2.29. The van der Waals surface area contributed by atoms with Crippen LogP contribution in [0.5, 0.6) is 5.75 Å². The Bertz CT molecular complexity index is 549. The van der Waals surface area contributed by atoms with Crippen LogP contribution in [0.25, 0.3) is 4.98 Å². The monoisotopic (exact) mass is 270 g/mol. The Morgan fingerprint density at radius 3 is 2.72 bits per heavy atom. The lowest BCUT2D eigenvalue weighted by Gasteiger charge is -2.06. The van der Waals surface area contributed by atoms with Crippen LogP contribution in [-0.4, -0.2) is 22.1 Å². The molecule has 0 fully saturated rings. The van der Waals surface area contributed by atoms with Gasteiger partial charge in [0.2, 0.25) is 21.2 Å². The second-order valence-electron chi connectivity index (χ2n) is 3.68. The van der Waals surface area contributed by atoms with Crippen LogP contribution >= 0.6 is 0 Å². The second-order valence-corrected chi connectivity index (χ2v) is 5.45. The number of benzene rings is 1. The van der Waals surface area contributed by atoms with E-state index in [1.165, 1.54) is 25.3 Å². The van der Waals surface area contributed by atoms with Crippen LogP contribution in [0.2, 0.25) is 0 Å². The minimum Gasteiger partial charge on any atom is -0.489 e. The van der Waals surface area contributed by atoms with Crippen LogP contribution in [0.1, 0.15) is 19.8 Å². The van der Waals surface area contributed by atoms with Crippen molar-refractivity contribution in [2.75, 3.05) is 13.7 Å². The zero-order chi connectivity index (χ0) is 13.6. The standard InChI is InChI=1S/C11H16N3O3S/c1-3-4-7-13-18(15,16)9-5-6-10(14-12)11(8-9)17-2/h5-6,8,13H,3-4,7H2,1-2H3/q+1. The number of sulfonamides is 1. The molecule has 0 radical (unpaired) electrons. The molecule has 0 aliphatic rings. The molecule has 0 aromatic heterocycles. The topological polar surface area (TPSA) is 83.5 Å². The van der Waals surface area contributed by atoms with Crippen molar-refractivity contribution in [3.05, 3.63) is 23.2 Å². The molecule has 1 rings (SSSR count). The van der Waals surface area contributed by atoms with Gasteiger partial charge in [-0.1, -0.05) is 13.3 Å². The SMILES string of the molecule is CCCCNS(=O)(=O)c1ccc([N+]#N)c(OC)c1. The maximum absolute atomic E-state index is 11.9. The summed E-state index contributed by atoms with van der Waals surface area (Å²) in [4.78, 5) is 3.09. The first kappa shape index (κ1) is 14.4. The van der Waals surface area contributed by atoms with Crippen molar-refractivity contribution in [2.45, 2.75) is 24.7 Å². The van der Waals surface area contributed by atoms with Crippen LogP contribution in [0, 0.1) is 5.39 Å². The molecule has 7 heteroatoms. The van der Waals surface area contributed by atoms with E-state index in [4.69, 9.17) is 10.1 Å². The summed E-state index contributed by atoms with van der Waals surface area (Å²) in [5.74, 6) is 0.205. The fourth-order valence-corrected chi connectivity index (χ4v) is 2.46. The van der Waals surface area contributed by atoms with E-state index in [2.05, 4.69) is 9.70 Å². The third kappa shape index (κ3) is 3.42. The van der Waals surface area contributed by atoms with Gasteiger partial charge in [0.25, 0.3) is 0 Å². The van der Waals surface area contributed by atoms with Gasteiger partial charge in [-0.15, -0.1) is 0 Å². The molecule has 0 aliphatic carbocycles. The van der Waals surface area contributed by atoms with Crippen LogP contribution in [0.3, 0.4) is 0 Å². The van der Waals surface area contributed by atoms with Gasteiger partial charge < -0.3 is 4.74 Å². The number of ether oxygens (including phenoxy) is 1. The van der Waals surface area contributed by atoms with Gasteiger partial charge in [0.05, 0.1) is 12.0 Å². The molecular formula is C11H16N3O3S+. The normalized spacial score (nSPS) is 10.9. The summed E-state index contributed by atoms with van der Waals surface area (Å²) in [7, 11) is -2.16. The molecule has 0 bridgehead atoms. The molecule has 1 aromatic rings. The number of hydrogen-bond donors (Lipinski definition) is 1. The van der Waals surface area contributed by atoms with Gasteiger partial charge in [-0.2, -0.15) is 0 Å². The first-order valence-electron chi connectivity index (χ1n) is 5.58. The Morgan fingerprint density at radius 1 is 1.44 bits per heavy atom. The Balaban J connectivity index is 3.00. The number of rotatable bonds is 6. The molecular weight excluding hydrogens is 254 g/mol. The van der Waals surface area contributed by atoms with Gasteiger partial charge in [-0.25, -0.2) is 13.1 Å². The summed E-state index contributed by atoms with van der Waals surface area (Å²) < 4.78 is 31.3. The maximum Gasteiger partial charge on any atom is 0.426 e. The zero-order valence-electron chi connectivity index (χ0n) is 10.4. The lowest BCUT2D eigenvalue weighted by molar-refractivity contribution is 0.416. The number of unbranched alkanes of at least 4 members (excludes halogenated alkanes) is 1. The van der Waals surface area contributed by atoms with Gasteiger partial charge in [-0.3, -0.25) is 0 Å². The van der Waals surface area contributed by atoms with E-state index in [-0.39, 0.29) is 16.3 Å². The summed E-state index contributed by atoms with van der Waals surface area (Å²) in [6, 6.07) is 4.07. The van der Waals surface area contributed by atoms with Gasteiger partial charge in [0.1, 0.15) is 0 Å². The van der Waals surface area contributed by atoms with E-state index in [1.54, 1.807) is 0 Å². The van der Waals surface area contributed by atoms with Crippen molar-refractivity contribution in [1.82, 2.24) is 4.72 Å². The van der Waals surface area contributed by atoms with Gasteiger partial charge in [0.15, 0.2) is 4.98 Å². The molecule has 1 aromatic carbocycles. The van der Waals surface area contributed by atoms with E-state index < -0.39 is 10.0 Å². The summed E-state index contributed by atoms with van der Waals surface area (Å²) in [5, 5.41) is 8.70. The molecule has 0 spiro atoms. The molecule has 0 saturated heterocycles. The third-order valence-corrected chi connectivity index (χ3v) is 3.85. The molecule has 0 saturated carbocycles. The smallest absolute Gasteiger partial charge is 0.426 e. The molecule has 0 aliphatic heterocycles. The van der Waals surface area contributed by atoms with E-state index >= 15 is 0 Å². The van der Waals surface area contributed by atoms with Crippen LogP contribution < -0.4 is 9.46 Å². The average Bonchev–Trinajstić information content (AvgIpc) is 2.38. The lowest BCUT2D eigenvalue weighted by atomic mass is 10.3. The van der Waals surface area contributed by atoms with Crippen molar-refractivity contribution < 1.29 is 13.2 Å². The Kier molecular flexibility index (Phi) is 5.07. The largest absolute Gasteiger partial charge is 0.489 e. The number of nitrogens with one attached hydrogen (secondary N) is 1. The first-order chi connectivity index (χ1) is 8.55. The van der Waals surface area contributed by atoms with Crippen molar-refractivity contribution >= 4 is 15.7 Å². The number of methoxy groups -OCH3 is 1. The fourth-order valence-electron chi connectivity index (χ4n) is 1.37. The average molecular weight is 270 g/mol. The van der Waals surface area contributed by atoms with Gasteiger partial charge in [-0.05, 0) is 12.5 Å². The number of hydrogen-bond acceptors (Lipinski definition) is 4. The minimum absolute atomic E-state index is 0.0860. The first-order valence-corrected chi connectivity index (χ1v) is 7.06. The third-order valence-electron chi connectivity index (χ3n) is 2.39. The molecule has 0 unspecified atom stereocenters. The van der Waals surface area contributed by atoms with Gasteiger partial charge in [0, 0.05) is 18.7 Å². The quantitative estimate of drug-likeness (QED) is 0.634. The predicted octanol–water partition coefficient (Wildman–Crippen LogP) is 2.26.